The predicted octanol–water partition coefficient (Wildman–Crippen LogP) is 1.97. The highest BCUT2D eigenvalue weighted by Gasteiger charge is 2.23. The number of hydrogen-bond acceptors (Lipinski definition) is 5. The summed E-state index contributed by atoms with van der Waals surface area (Å²) in [6.45, 7) is 2.66. The molecule has 0 amide bonds. The van der Waals surface area contributed by atoms with Gasteiger partial charge in [-0.05, 0) is 26.2 Å². The van der Waals surface area contributed by atoms with Crippen molar-refractivity contribution in [2.75, 3.05) is 33.1 Å². The van der Waals surface area contributed by atoms with Gasteiger partial charge in [0.05, 0.1) is 18.1 Å². The monoisotopic (exact) mass is 307 g/mol. The van der Waals surface area contributed by atoms with Gasteiger partial charge in [-0.3, -0.25) is 9.47 Å². The van der Waals surface area contributed by atoms with E-state index in [4.69, 9.17) is 0 Å². The van der Waals surface area contributed by atoms with E-state index in [2.05, 4.69) is 34.1 Å². The molecule has 112 valence electrons. The van der Waals surface area contributed by atoms with Gasteiger partial charge in [-0.1, -0.05) is 23.9 Å². The van der Waals surface area contributed by atoms with E-state index in [1.54, 1.807) is 23.9 Å². The van der Waals surface area contributed by atoms with Crippen LogP contribution >= 0.6 is 11.8 Å². The smallest absolute Gasteiger partial charge is 0.193 e. The lowest BCUT2D eigenvalue weighted by atomic mass is 10.2. The maximum Gasteiger partial charge on any atom is 0.193 e. The molecule has 0 N–H and O–H groups in total. The van der Waals surface area contributed by atoms with Crippen LogP contribution in [-0.4, -0.2) is 57.6 Å². The highest BCUT2D eigenvalue weighted by Crippen LogP contribution is 2.29. The van der Waals surface area contributed by atoms with Crippen molar-refractivity contribution in [3.05, 3.63) is 30.1 Å². The number of thioether (sulfide) groups is 1. The average molecular weight is 307 g/mol. The highest BCUT2D eigenvalue weighted by atomic mass is 32.2. The first-order valence-electron chi connectivity index (χ1n) is 6.83. The third-order valence-corrected chi connectivity index (χ3v) is 4.47. The van der Waals surface area contributed by atoms with Crippen LogP contribution in [0.15, 0.2) is 29.4 Å². The fourth-order valence-corrected chi connectivity index (χ4v) is 3.14. The number of fused-ring (bicyclic) bond motifs is 1. The third-order valence-electron chi connectivity index (χ3n) is 3.41. The van der Waals surface area contributed by atoms with E-state index in [9.17, 15) is 4.39 Å². The molecule has 5 nitrogen and oxygen atoms in total. The predicted molar refractivity (Wildman–Crippen MR) is 81.4 cm³/mol. The number of aromatic nitrogens is 3. The van der Waals surface area contributed by atoms with Gasteiger partial charge in [0.1, 0.15) is 5.82 Å². The molecule has 1 aromatic heterocycles. The maximum atomic E-state index is 14.0. The Hall–Kier alpha value is -1.44. The summed E-state index contributed by atoms with van der Waals surface area (Å²) in [7, 11) is 4.12. The molecule has 0 atom stereocenters. The number of nitrogens with zero attached hydrogens (tertiary/aromatic N) is 5. The lowest BCUT2D eigenvalue weighted by Gasteiger charge is -2.28. The molecule has 0 unspecified atom stereocenters. The van der Waals surface area contributed by atoms with Crippen LogP contribution in [0.2, 0.25) is 0 Å². The minimum atomic E-state index is -0.261. The topological polar surface area (TPSA) is 37.2 Å². The molecule has 3 rings (SSSR count). The molecular formula is C14H18FN5S. The Bertz CT molecular complexity index is 628. The molecule has 7 heteroatoms. The molecule has 1 aliphatic heterocycles. The molecule has 21 heavy (non-hydrogen) atoms. The Labute approximate surface area is 127 Å². The summed E-state index contributed by atoms with van der Waals surface area (Å²) in [5.74, 6) is 1.23. The number of hydrogen-bond donors (Lipinski definition) is 0. The molecule has 2 heterocycles. The Morgan fingerprint density at radius 3 is 2.86 bits per heavy atom. The van der Waals surface area contributed by atoms with E-state index >= 15 is 0 Å². The van der Waals surface area contributed by atoms with Crippen LogP contribution in [0.3, 0.4) is 0 Å². The van der Waals surface area contributed by atoms with Crippen LogP contribution in [0.4, 0.5) is 4.39 Å². The van der Waals surface area contributed by atoms with Crippen molar-refractivity contribution in [1.29, 1.82) is 0 Å². The fourth-order valence-electron chi connectivity index (χ4n) is 2.23. The minimum Gasteiger partial charge on any atom is -0.308 e. The van der Waals surface area contributed by atoms with Gasteiger partial charge in [0.2, 0.25) is 0 Å². The van der Waals surface area contributed by atoms with E-state index in [1.807, 2.05) is 10.6 Å². The van der Waals surface area contributed by atoms with Gasteiger partial charge in [-0.25, -0.2) is 4.39 Å². The van der Waals surface area contributed by atoms with Crippen LogP contribution in [0.5, 0.6) is 0 Å². The van der Waals surface area contributed by atoms with Crippen LogP contribution in [-0.2, 0) is 6.67 Å². The largest absolute Gasteiger partial charge is 0.308 e. The second kappa shape index (κ2) is 6.13. The van der Waals surface area contributed by atoms with Gasteiger partial charge < -0.3 is 4.90 Å². The molecule has 2 aromatic rings. The molecule has 1 aromatic carbocycles. The molecular weight excluding hydrogens is 289 g/mol. The summed E-state index contributed by atoms with van der Waals surface area (Å²) < 4.78 is 16.0. The van der Waals surface area contributed by atoms with Crippen molar-refractivity contribution in [1.82, 2.24) is 24.6 Å². The Kier molecular flexibility index (Phi) is 4.23. The third kappa shape index (κ3) is 3.09. The van der Waals surface area contributed by atoms with Gasteiger partial charge in [0.15, 0.2) is 11.0 Å². The summed E-state index contributed by atoms with van der Waals surface area (Å²) in [5.41, 5.74) is 0.506. The lowest BCUT2D eigenvalue weighted by molar-refractivity contribution is 0.215. The van der Waals surface area contributed by atoms with Crippen molar-refractivity contribution in [3.8, 4) is 11.4 Å². The summed E-state index contributed by atoms with van der Waals surface area (Å²) in [6.07, 6.45) is 0. The standard InChI is InChI=1S/C14H18FN5S/c1-18(2)7-8-19-9-20-13(16-17-14(20)21-10-19)11-5-3-4-6-12(11)15/h3-6H,7-10H2,1-2H3. The Morgan fingerprint density at radius 2 is 2.10 bits per heavy atom. The van der Waals surface area contributed by atoms with Gasteiger partial charge in [0, 0.05) is 13.1 Å². The molecule has 1 aliphatic rings. The maximum absolute atomic E-state index is 14.0. The van der Waals surface area contributed by atoms with Crippen molar-refractivity contribution >= 4 is 11.8 Å². The quantitative estimate of drug-likeness (QED) is 0.863. The molecule has 0 fully saturated rings. The Morgan fingerprint density at radius 1 is 1.29 bits per heavy atom. The van der Waals surface area contributed by atoms with Crippen molar-refractivity contribution < 1.29 is 4.39 Å². The van der Waals surface area contributed by atoms with E-state index in [1.165, 1.54) is 6.07 Å². The van der Waals surface area contributed by atoms with Crippen LogP contribution in [0.25, 0.3) is 11.4 Å². The Balaban J connectivity index is 1.84. The van der Waals surface area contributed by atoms with Gasteiger partial charge in [-0.2, -0.15) is 0 Å². The van der Waals surface area contributed by atoms with Gasteiger partial charge in [0.25, 0.3) is 0 Å². The van der Waals surface area contributed by atoms with Crippen molar-refractivity contribution in [2.24, 2.45) is 0 Å². The first-order chi connectivity index (χ1) is 10.1. The van der Waals surface area contributed by atoms with E-state index < -0.39 is 0 Å². The highest BCUT2D eigenvalue weighted by molar-refractivity contribution is 7.99. The second-order valence-corrected chi connectivity index (χ2v) is 6.24. The SMILES string of the molecule is CN(C)CCN1CSc2nnc(-c3ccccc3F)n2C1. The number of benzene rings is 1. The summed E-state index contributed by atoms with van der Waals surface area (Å²) >= 11 is 1.64. The molecule has 0 saturated heterocycles. The molecule has 0 bridgehead atoms. The molecule has 0 aliphatic carbocycles. The fraction of sp³-hybridized carbons (Fsp3) is 0.429. The summed E-state index contributed by atoms with van der Waals surface area (Å²) in [4.78, 5) is 4.47. The first-order valence-corrected chi connectivity index (χ1v) is 7.81. The summed E-state index contributed by atoms with van der Waals surface area (Å²) in [6, 6.07) is 6.71. The van der Waals surface area contributed by atoms with Crippen LogP contribution in [0, 0.1) is 5.82 Å². The number of rotatable bonds is 4. The zero-order valence-electron chi connectivity index (χ0n) is 12.2. The molecule has 0 radical (unpaired) electrons. The summed E-state index contributed by atoms with van der Waals surface area (Å²) in [5, 5.41) is 9.21. The van der Waals surface area contributed by atoms with E-state index in [0.717, 1.165) is 24.1 Å². The number of likely N-dealkylation sites (N-methyl/N-ethyl adjacent to an activating group) is 1. The van der Waals surface area contributed by atoms with Gasteiger partial charge in [-0.15, -0.1) is 10.2 Å². The lowest BCUT2D eigenvalue weighted by Crippen LogP contribution is -2.35. The van der Waals surface area contributed by atoms with Crippen LogP contribution < -0.4 is 0 Å². The molecule has 0 saturated carbocycles. The average Bonchev–Trinajstić information content (AvgIpc) is 2.88. The normalized spacial score (nSPS) is 15.4. The van der Waals surface area contributed by atoms with E-state index in [0.29, 0.717) is 18.1 Å². The van der Waals surface area contributed by atoms with Crippen molar-refractivity contribution in [3.63, 3.8) is 0 Å². The zero-order valence-corrected chi connectivity index (χ0v) is 13.0. The second-order valence-electron chi connectivity index (χ2n) is 5.33. The zero-order chi connectivity index (χ0) is 14.8. The molecule has 0 spiro atoms. The minimum absolute atomic E-state index is 0.261. The van der Waals surface area contributed by atoms with Crippen molar-refractivity contribution in [2.45, 2.75) is 11.8 Å². The van der Waals surface area contributed by atoms with Crippen LogP contribution in [0.1, 0.15) is 0 Å². The van der Waals surface area contributed by atoms with E-state index in [-0.39, 0.29) is 5.82 Å². The number of halogens is 1. The van der Waals surface area contributed by atoms with Gasteiger partial charge >= 0.3 is 0 Å². The first kappa shape index (κ1) is 14.5.